The largest absolute Gasteiger partial charge is 0.469 e. The number of benzene rings is 1. The Kier molecular flexibility index (Phi) is 4.40. The van der Waals surface area contributed by atoms with Crippen LogP contribution in [0, 0.1) is 11.6 Å². The fourth-order valence-electron chi connectivity index (χ4n) is 1.81. The number of carbonyl (C=O) groups is 1. The summed E-state index contributed by atoms with van der Waals surface area (Å²) in [6.45, 7) is 3.26. The highest BCUT2D eigenvalue weighted by Gasteiger charge is 2.36. The molecular weight excluding hydrogens is 240 g/mol. The van der Waals surface area contributed by atoms with Crippen molar-refractivity contribution < 1.29 is 18.3 Å². The lowest BCUT2D eigenvalue weighted by Gasteiger charge is -2.33. The Hall–Kier alpha value is -1.49. The van der Waals surface area contributed by atoms with Crippen molar-refractivity contribution in [2.75, 3.05) is 7.11 Å². The maximum Gasteiger partial charge on any atom is 0.306 e. The molecule has 0 heterocycles. The second kappa shape index (κ2) is 5.44. The number of esters is 1. The van der Waals surface area contributed by atoms with Crippen LogP contribution in [0.1, 0.15) is 25.8 Å². The summed E-state index contributed by atoms with van der Waals surface area (Å²) in [6.07, 6.45) is -0.110. The molecule has 100 valence electrons. The zero-order valence-electron chi connectivity index (χ0n) is 10.7. The molecule has 5 heteroatoms. The predicted octanol–water partition coefficient (Wildman–Crippen LogP) is 2.13. The quantitative estimate of drug-likeness (QED) is 0.841. The van der Waals surface area contributed by atoms with Gasteiger partial charge in [-0.1, -0.05) is 6.92 Å². The molecular formula is C13H17F2NO2. The summed E-state index contributed by atoms with van der Waals surface area (Å²) < 4.78 is 31.6. The predicted molar refractivity (Wildman–Crippen MR) is 64.0 cm³/mol. The first-order valence-electron chi connectivity index (χ1n) is 5.59. The normalized spacial score (nSPS) is 15.9. The van der Waals surface area contributed by atoms with Crippen molar-refractivity contribution in [1.82, 2.24) is 0 Å². The van der Waals surface area contributed by atoms with Gasteiger partial charge in [0.2, 0.25) is 0 Å². The number of nitrogens with two attached hydrogens (primary N) is 1. The minimum absolute atomic E-state index is 0.0860. The van der Waals surface area contributed by atoms with Crippen LogP contribution in [0.5, 0.6) is 0 Å². The summed E-state index contributed by atoms with van der Waals surface area (Å²) in [4.78, 5) is 11.4. The summed E-state index contributed by atoms with van der Waals surface area (Å²) in [5.41, 5.74) is 4.90. The average Bonchev–Trinajstić information content (AvgIpc) is 2.31. The van der Waals surface area contributed by atoms with Crippen LogP contribution < -0.4 is 5.73 Å². The van der Waals surface area contributed by atoms with Crippen LogP contribution >= 0.6 is 0 Å². The van der Waals surface area contributed by atoms with E-state index in [1.165, 1.54) is 7.11 Å². The van der Waals surface area contributed by atoms with Crippen molar-refractivity contribution in [2.45, 2.75) is 31.7 Å². The van der Waals surface area contributed by atoms with Gasteiger partial charge in [-0.2, -0.15) is 0 Å². The number of halogens is 2. The summed E-state index contributed by atoms with van der Waals surface area (Å²) in [6, 6.07) is 2.59. The molecule has 0 aliphatic carbocycles. The maximum atomic E-state index is 13.8. The topological polar surface area (TPSA) is 52.3 Å². The number of methoxy groups -OCH3 is 1. The van der Waals surface area contributed by atoms with Gasteiger partial charge in [-0.25, -0.2) is 8.78 Å². The Morgan fingerprint density at radius 2 is 2.11 bits per heavy atom. The molecule has 0 aliphatic rings. The molecule has 0 spiro atoms. The molecule has 0 amide bonds. The van der Waals surface area contributed by atoms with Crippen molar-refractivity contribution in [3.05, 3.63) is 35.4 Å². The molecule has 1 aromatic carbocycles. The number of hydrogen-bond donors (Lipinski definition) is 1. The molecule has 0 aliphatic heterocycles. The Balaban J connectivity index is 3.26. The van der Waals surface area contributed by atoms with Gasteiger partial charge in [0, 0.05) is 11.5 Å². The van der Waals surface area contributed by atoms with Crippen molar-refractivity contribution in [3.8, 4) is 0 Å². The van der Waals surface area contributed by atoms with E-state index < -0.39 is 29.1 Å². The van der Waals surface area contributed by atoms with Gasteiger partial charge in [0.15, 0.2) is 0 Å². The third kappa shape index (κ3) is 2.85. The van der Waals surface area contributed by atoms with E-state index in [2.05, 4.69) is 4.74 Å². The SMILES string of the molecule is COC(=O)CC(C)(c1cc(F)ccc1F)C(C)N. The zero-order chi connectivity index (χ0) is 13.9. The molecule has 0 saturated carbocycles. The van der Waals surface area contributed by atoms with Gasteiger partial charge in [0.05, 0.1) is 13.5 Å². The lowest BCUT2D eigenvalue weighted by Crippen LogP contribution is -2.43. The van der Waals surface area contributed by atoms with Crippen LogP contribution in [0.4, 0.5) is 8.78 Å². The molecule has 18 heavy (non-hydrogen) atoms. The molecule has 0 bridgehead atoms. The summed E-state index contributed by atoms with van der Waals surface area (Å²) in [5.74, 6) is -1.67. The molecule has 1 rings (SSSR count). The van der Waals surface area contributed by atoms with E-state index in [-0.39, 0.29) is 12.0 Å². The van der Waals surface area contributed by atoms with E-state index in [1.54, 1.807) is 13.8 Å². The van der Waals surface area contributed by atoms with Crippen LogP contribution in [0.2, 0.25) is 0 Å². The standard InChI is InChI=1S/C13H17F2NO2/c1-8(16)13(2,7-12(17)18-3)10-6-9(14)4-5-11(10)15/h4-6,8H,7,16H2,1-3H3. The van der Waals surface area contributed by atoms with Gasteiger partial charge in [-0.05, 0) is 30.7 Å². The highest BCUT2D eigenvalue weighted by atomic mass is 19.1. The third-order valence-electron chi connectivity index (χ3n) is 3.29. The van der Waals surface area contributed by atoms with Crippen molar-refractivity contribution in [3.63, 3.8) is 0 Å². The maximum absolute atomic E-state index is 13.8. The van der Waals surface area contributed by atoms with Crippen LogP contribution in [0.25, 0.3) is 0 Å². The lowest BCUT2D eigenvalue weighted by atomic mass is 9.74. The molecule has 3 nitrogen and oxygen atoms in total. The van der Waals surface area contributed by atoms with Crippen LogP contribution in [0.15, 0.2) is 18.2 Å². The minimum atomic E-state index is -1.01. The molecule has 2 unspecified atom stereocenters. The Morgan fingerprint density at radius 1 is 1.50 bits per heavy atom. The van der Waals surface area contributed by atoms with E-state index in [4.69, 9.17) is 5.73 Å². The van der Waals surface area contributed by atoms with Crippen molar-refractivity contribution in [2.24, 2.45) is 5.73 Å². The fraction of sp³-hybridized carbons (Fsp3) is 0.462. The number of rotatable bonds is 4. The first kappa shape index (κ1) is 14.6. The van der Waals surface area contributed by atoms with Gasteiger partial charge >= 0.3 is 5.97 Å². The molecule has 0 fully saturated rings. The second-order valence-corrected chi connectivity index (χ2v) is 4.58. The van der Waals surface area contributed by atoms with Crippen LogP contribution in [-0.2, 0) is 14.9 Å². The molecule has 2 N–H and O–H groups in total. The van der Waals surface area contributed by atoms with Crippen molar-refractivity contribution >= 4 is 5.97 Å². The second-order valence-electron chi connectivity index (χ2n) is 4.58. The van der Waals surface area contributed by atoms with Gasteiger partial charge < -0.3 is 10.5 Å². The molecule has 0 aromatic heterocycles. The Labute approximate surface area is 105 Å². The monoisotopic (exact) mass is 257 g/mol. The fourth-order valence-corrected chi connectivity index (χ4v) is 1.81. The summed E-state index contributed by atoms with van der Waals surface area (Å²) >= 11 is 0. The minimum Gasteiger partial charge on any atom is -0.469 e. The Bertz CT molecular complexity index is 449. The number of hydrogen-bond acceptors (Lipinski definition) is 3. The Morgan fingerprint density at radius 3 is 2.61 bits per heavy atom. The van der Waals surface area contributed by atoms with E-state index in [0.29, 0.717) is 0 Å². The summed E-state index contributed by atoms with van der Waals surface area (Å²) in [5, 5.41) is 0. The number of carbonyl (C=O) groups excluding carboxylic acids is 1. The van der Waals surface area contributed by atoms with Crippen molar-refractivity contribution in [1.29, 1.82) is 0 Å². The van der Waals surface area contributed by atoms with E-state index >= 15 is 0 Å². The molecule has 0 saturated heterocycles. The smallest absolute Gasteiger partial charge is 0.306 e. The lowest BCUT2D eigenvalue weighted by molar-refractivity contribution is -0.142. The number of ether oxygens (including phenoxy) is 1. The zero-order valence-corrected chi connectivity index (χ0v) is 10.7. The first-order valence-corrected chi connectivity index (χ1v) is 5.59. The van der Waals surface area contributed by atoms with Gasteiger partial charge in [0.25, 0.3) is 0 Å². The highest BCUT2D eigenvalue weighted by molar-refractivity contribution is 5.71. The van der Waals surface area contributed by atoms with Crippen LogP contribution in [0.3, 0.4) is 0 Å². The first-order chi connectivity index (χ1) is 8.31. The van der Waals surface area contributed by atoms with Gasteiger partial charge in [-0.3, -0.25) is 4.79 Å². The van der Waals surface area contributed by atoms with E-state index in [0.717, 1.165) is 18.2 Å². The van der Waals surface area contributed by atoms with Gasteiger partial charge in [0.1, 0.15) is 11.6 Å². The van der Waals surface area contributed by atoms with E-state index in [9.17, 15) is 13.6 Å². The highest BCUT2D eigenvalue weighted by Crippen LogP contribution is 2.33. The van der Waals surface area contributed by atoms with Crippen LogP contribution in [-0.4, -0.2) is 19.1 Å². The molecule has 2 atom stereocenters. The molecule has 1 aromatic rings. The average molecular weight is 257 g/mol. The van der Waals surface area contributed by atoms with Gasteiger partial charge in [-0.15, -0.1) is 0 Å². The third-order valence-corrected chi connectivity index (χ3v) is 3.29. The molecule has 0 radical (unpaired) electrons. The summed E-state index contributed by atoms with van der Waals surface area (Å²) in [7, 11) is 1.24. The van der Waals surface area contributed by atoms with E-state index in [1.807, 2.05) is 0 Å².